The van der Waals surface area contributed by atoms with E-state index >= 15 is 0 Å². The summed E-state index contributed by atoms with van der Waals surface area (Å²) < 4.78 is 0. The lowest BCUT2D eigenvalue weighted by molar-refractivity contribution is 1.42. The molecule has 74 valence electrons. The Balaban J connectivity index is 2.85. The lowest BCUT2D eigenvalue weighted by Crippen LogP contribution is -1.99. The topological polar surface area (TPSA) is 36.2 Å². The zero-order chi connectivity index (χ0) is 10.6. The molecule has 1 N–H and O–H groups in total. The summed E-state index contributed by atoms with van der Waals surface area (Å²) in [5.74, 6) is 0.494. The molecule has 1 rings (SSSR count). The first-order chi connectivity index (χ1) is 6.63. The smallest absolute Gasteiger partial charge is 0.152 e. The molecule has 0 aromatic heterocycles. The Kier molecular flexibility index (Phi) is 4.53. The van der Waals surface area contributed by atoms with Gasteiger partial charge in [-0.3, -0.25) is 5.41 Å². The molecule has 0 aliphatic heterocycles. The van der Waals surface area contributed by atoms with Crippen LogP contribution in [0.4, 0.5) is 0 Å². The summed E-state index contributed by atoms with van der Waals surface area (Å²) in [4.78, 5) is 3.98. The molecule has 1 aromatic carbocycles. The molecule has 2 nitrogen and oxygen atoms in total. The lowest BCUT2D eigenvalue weighted by Gasteiger charge is -1.99. The van der Waals surface area contributed by atoms with Crippen molar-refractivity contribution in [1.82, 2.24) is 0 Å². The average molecular weight is 247 g/mol. The predicted molar refractivity (Wildman–Crippen MR) is 66.1 cm³/mol. The van der Waals surface area contributed by atoms with Crippen LogP contribution in [-0.4, -0.2) is 17.2 Å². The summed E-state index contributed by atoms with van der Waals surface area (Å²) >= 11 is 11.3. The Hall–Kier alpha value is -0.430. The van der Waals surface area contributed by atoms with Crippen molar-refractivity contribution in [2.24, 2.45) is 4.99 Å². The highest BCUT2D eigenvalue weighted by atomic mass is 35.5. The summed E-state index contributed by atoms with van der Waals surface area (Å²) in [6, 6.07) is 6.95. The van der Waals surface area contributed by atoms with E-state index in [1.54, 1.807) is 24.3 Å². The zero-order valence-corrected chi connectivity index (χ0v) is 9.96. The fourth-order valence-corrected chi connectivity index (χ4v) is 1.16. The molecule has 0 radical (unpaired) electrons. The minimum absolute atomic E-state index is 0.187. The van der Waals surface area contributed by atoms with Crippen molar-refractivity contribution in [1.29, 1.82) is 5.41 Å². The van der Waals surface area contributed by atoms with Crippen molar-refractivity contribution in [2.75, 3.05) is 5.88 Å². The fourth-order valence-electron chi connectivity index (χ4n) is 0.846. The number of nitrogens with zero attached hydrogens (tertiary/aromatic N) is 1. The van der Waals surface area contributed by atoms with Crippen LogP contribution in [0.5, 0.6) is 0 Å². The van der Waals surface area contributed by atoms with Gasteiger partial charge >= 0.3 is 0 Å². The van der Waals surface area contributed by atoms with Gasteiger partial charge < -0.3 is 0 Å². The van der Waals surface area contributed by atoms with Crippen LogP contribution in [0.1, 0.15) is 5.56 Å². The standard InChI is InChI=1S/C9H9Cl2N2P/c10-5-8(14)13-9(12)6-1-3-7(11)4-2-6/h1-4,12H,5,14H2. The van der Waals surface area contributed by atoms with Crippen LogP contribution in [0.3, 0.4) is 0 Å². The molecule has 0 fully saturated rings. The maximum Gasteiger partial charge on any atom is 0.152 e. The number of hydrogen-bond donors (Lipinski definition) is 1. The number of hydrogen-bond acceptors (Lipinski definition) is 1. The first kappa shape index (κ1) is 11.6. The van der Waals surface area contributed by atoms with Gasteiger partial charge in [0.2, 0.25) is 0 Å². The van der Waals surface area contributed by atoms with Crippen molar-refractivity contribution >= 4 is 43.7 Å². The zero-order valence-electron chi connectivity index (χ0n) is 7.30. The van der Waals surface area contributed by atoms with Gasteiger partial charge in [-0.05, 0) is 24.3 Å². The van der Waals surface area contributed by atoms with Crippen LogP contribution >= 0.6 is 32.4 Å². The second kappa shape index (κ2) is 5.45. The van der Waals surface area contributed by atoms with Gasteiger partial charge in [-0.1, -0.05) is 20.8 Å². The van der Waals surface area contributed by atoms with E-state index in [-0.39, 0.29) is 5.84 Å². The largest absolute Gasteiger partial charge is 0.282 e. The van der Waals surface area contributed by atoms with Gasteiger partial charge in [-0.2, -0.15) is 0 Å². The number of halogens is 2. The van der Waals surface area contributed by atoms with Crippen molar-refractivity contribution < 1.29 is 0 Å². The number of amidine groups is 1. The molecule has 0 saturated heterocycles. The van der Waals surface area contributed by atoms with E-state index < -0.39 is 0 Å². The molecule has 0 saturated carbocycles. The summed E-state index contributed by atoms with van der Waals surface area (Å²) in [5.41, 5.74) is 1.37. The second-order valence-electron chi connectivity index (χ2n) is 2.59. The van der Waals surface area contributed by atoms with Gasteiger partial charge in [0.15, 0.2) is 5.84 Å². The van der Waals surface area contributed by atoms with Gasteiger partial charge in [-0.15, -0.1) is 11.6 Å². The fraction of sp³-hybridized carbons (Fsp3) is 0.111. The number of nitrogens with one attached hydrogen (secondary N) is 1. The van der Waals surface area contributed by atoms with Crippen LogP contribution in [0.2, 0.25) is 5.02 Å². The molecule has 0 heterocycles. The van der Waals surface area contributed by atoms with Crippen molar-refractivity contribution in [3.05, 3.63) is 34.9 Å². The summed E-state index contributed by atoms with van der Waals surface area (Å²) in [6.45, 7) is 0. The number of aliphatic imine (C=N–C) groups is 1. The van der Waals surface area contributed by atoms with Crippen LogP contribution in [0.15, 0.2) is 29.3 Å². The molecule has 0 spiro atoms. The Morgan fingerprint density at radius 1 is 1.36 bits per heavy atom. The van der Waals surface area contributed by atoms with Crippen LogP contribution in [0.25, 0.3) is 0 Å². The Labute approximate surface area is 95.0 Å². The highest BCUT2D eigenvalue weighted by molar-refractivity contribution is 7.41. The molecule has 14 heavy (non-hydrogen) atoms. The molecular weight excluding hydrogens is 238 g/mol. The molecule has 1 atom stereocenters. The van der Waals surface area contributed by atoms with Gasteiger partial charge in [0.05, 0.1) is 11.3 Å². The third-order valence-electron chi connectivity index (χ3n) is 1.51. The molecular formula is C9H9Cl2N2P. The maximum atomic E-state index is 7.63. The van der Waals surface area contributed by atoms with Crippen molar-refractivity contribution in [3.63, 3.8) is 0 Å². The first-order valence-corrected chi connectivity index (χ1v) is 5.36. The van der Waals surface area contributed by atoms with E-state index in [4.69, 9.17) is 28.6 Å². The molecule has 1 unspecified atom stereocenters. The molecule has 0 amide bonds. The van der Waals surface area contributed by atoms with Crippen LogP contribution in [-0.2, 0) is 0 Å². The quantitative estimate of drug-likeness (QED) is 0.360. The Morgan fingerprint density at radius 3 is 2.43 bits per heavy atom. The van der Waals surface area contributed by atoms with Gasteiger partial charge in [0, 0.05) is 10.6 Å². The van der Waals surface area contributed by atoms with E-state index in [2.05, 4.69) is 14.2 Å². The SMILES string of the molecule is N=C(N=C(P)CCl)c1ccc(Cl)cc1. The molecule has 0 aliphatic rings. The number of rotatable bonds is 2. The Morgan fingerprint density at radius 2 is 1.93 bits per heavy atom. The van der Waals surface area contributed by atoms with E-state index in [1.165, 1.54) is 0 Å². The highest BCUT2D eigenvalue weighted by Gasteiger charge is 1.99. The molecule has 0 bridgehead atoms. The summed E-state index contributed by atoms with van der Waals surface area (Å²) in [7, 11) is 2.39. The molecule has 5 heteroatoms. The molecule has 0 aliphatic carbocycles. The van der Waals surface area contributed by atoms with Crippen molar-refractivity contribution in [3.8, 4) is 0 Å². The van der Waals surface area contributed by atoms with E-state index in [0.29, 0.717) is 16.4 Å². The number of alkyl halides is 1. The van der Waals surface area contributed by atoms with Gasteiger partial charge in [-0.25, -0.2) is 4.99 Å². The average Bonchev–Trinajstić information content (AvgIpc) is 2.18. The van der Waals surface area contributed by atoms with E-state index in [0.717, 1.165) is 5.56 Å². The maximum absolute atomic E-state index is 7.63. The monoisotopic (exact) mass is 246 g/mol. The third-order valence-corrected chi connectivity index (χ3v) is 2.63. The van der Waals surface area contributed by atoms with Crippen molar-refractivity contribution in [2.45, 2.75) is 0 Å². The summed E-state index contributed by atoms with van der Waals surface area (Å²) in [5, 5.41) is 8.28. The van der Waals surface area contributed by atoms with Crippen LogP contribution < -0.4 is 0 Å². The predicted octanol–water partition coefficient (Wildman–Crippen LogP) is 3.18. The van der Waals surface area contributed by atoms with Gasteiger partial charge in [0.1, 0.15) is 0 Å². The number of benzene rings is 1. The Bertz CT molecular complexity index is 360. The molecule has 1 aromatic rings. The second-order valence-corrected chi connectivity index (χ2v) is 3.96. The van der Waals surface area contributed by atoms with E-state index in [1.807, 2.05) is 0 Å². The lowest BCUT2D eigenvalue weighted by atomic mass is 10.2. The summed E-state index contributed by atoms with van der Waals surface area (Å²) in [6.07, 6.45) is 0. The van der Waals surface area contributed by atoms with E-state index in [9.17, 15) is 0 Å². The van der Waals surface area contributed by atoms with Gasteiger partial charge in [0.25, 0.3) is 0 Å². The highest BCUT2D eigenvalue weighted by Crippen LogP contribution is 2.10. The minimum Gasteiger partial charge on any atom is -0.282 e. The third kappa shape index (κ3) is 3.38. The normalized spacial score (nSPS) is 11.5. The first-order valence-electron chi connectivity index (χ1n) is 3.87. The van der Waals surface area contributed by atoms with Crippen LogP contribution in [0, 0.1) is 5.41 Å². The minimum atomic E-state index is 0.187.